The van der Waals surface area contributed by atoms with E-state index < -0.39 is 0 Å². The Morgan fingerprint density at radius 3 is 3.06 bits per heavy atom. The van der Waals surface area contributed by atoms with Crippen LogP contribution >= 0.6 is 22.7 Å². The quantitative estimate of drug-likeness (QED) is 0.881. The van der Waals surface area contributed by atoms with Gasteiger partial charge in [-0.2, -0.15) is 0 Å². The lowest BCUT2D eigenvalue weighted by atomic mass is 10.2. The molecule has 2 N–H and O–H groups in total. The van der Waals surface area contributed by atoms with E-state index in [0.29, 0.717) is 6.54 Å². The second kappa shape index (κ2) is 4.95. The lowest BCUT2D eigenvalue weighted by Crippen LogP contribution is -2.28. The van der Waals surface area contributed by atoms with Crippen molar-refractivity contribution in [3.05, 3.63) is 22.4 Å². The Hall–Kier alpha value is -0.910. The molecule has 16 heavy (non-hydrogen) atoms. The summed E-state index contributed by atoms with van der Waals surface area (Å²) in [6.07, 6.45) is 0. The van der Waals surface area contributed by atoms with E-state index in [2.05, 4.69) is 5.32 Å². The van der Waals surface area contributed by atoms with Crippen LogP contribution in [-0.2, 0) is 0 Å². The van der Waals surface area contributed by atoms with Crippen LogP contribution in [0, 0.1) is 5.92 Å². The van der Waals surface area contributed by atoms with E-state index in [9.17, 15) is 4.79 Å². The van der Waals surface area contributed by atoms with E-state index in [1.54, 1.807) is 11.3 Å². The molecule has 1 amide bonds. The van der Waals surface area contributed by atoms with Crippen molar-refractivity contribution in [3.63, 3.8) is 0 Å². The summed E-state index contributed by atoms with van der Waals surface area (Å²) in [4.78, 5) is 12.5. The Kier molecular flexibility index (Phi) is 3.58. The minimum absolute atomic E-state index is 0.0475. The molecule has 2 rings (SSSR count). The second-order valence-electron chi connectivity index (χ2n) is 3.76. The van der Waals surface area contributed by atoms with Gasteiger partial charge in [0.05, 0.1) is 4.88 Å². The molecule has 0 aliphatic heterocycles. The smallest absolute Gasteiger partial charge is 0.261 e. The van der Waals surface area contributed by atoms with Crippen LogP contribution in [0.2, 0.25) is 0 Å². The molecule has 0 aromatic carbocycles. The molecule has 2 aromatic rings. The average Bonchev–Trinajstić information content (AvgIpc) is 2.85. The van der Waals surface area contributed by atoms with Crippen molar-refractivity contribution < 1.29 is 9.90 Å². The van der Waals surface area contributed by atoms with Gasteiger partial charge >= 0.3 is 0 Å². The highest BCUT2D eigenvalue weighted by Gasteiger charge is 2.11. The zero-order valence-corrected chi connectivity index (χ0v) is 10.5. The summed E-state index contributed by atoms with van der Waals surface area (Å²) in [6.45, 7) is 2.51. The van der Waals surface area contributed by atoms with Gasteiger partial charge in [0.25, 0.3) is 5.91 Å². The Bertz CT molecular complexity index is 460. The number of nitrogens with one attached hydrogen (secondary N) is 1. The number of carbonyl (C=O) groups excluding carboxylic acids is 1. The van der Waals surface area contributed by atoms with Crippen LogP contribution in [-0.4, -0.2) is 24.2 Å². The zero-order valence-electron chi connectivity index (χ0n) is 8.90. The largest absolute Gasteiger partial charge is 0.396 e. The fourth-order valence-corrected chi connectivity index (χ4v) is 3.32. The summed E-state index contributed by atoms with van der Waals surface area (Å²) in [5.41, 5.74) is 0. The fourth-order valence-electron chi connectivity index (χ4n) is 1.30. The van der Waals surface area contributed by atoms with Gasteiger partial charge in [0.15, 0.2) is 0 Å². The minimum Gasteiger partial charge on any atom is -0.396 e. The summed E-state index contributed by atoms with van der Waals surface area (Å²) in [5, 5.41) is 13.7. The van der Waals surface area contributed by atoms with E-state index in [1.165, 1.54) is 11.3 Å². The third-order valence-electron chi connectivity index (χ3n) is 2.29. The molecule has 0 radical (unpaired) electrons. The number of hydrogen-bond acceptors (Lipinski definition) is 4. The molecule has 0 saturated heterocycles. The molecule has 2 heterocycles. The normalized spacial score (nSPS) is 12.9. The monoisotopic (exact) mass is 255 g/mol. The number of amides is 1. The van der Waals surface area contributed by atoms with Gasteiger partial charge in [-0.05, 0) is 23.4 Å². The maximum absolute atomic E-state index is 11.8. The SMILES string of the molecule is CC(CO)CNC(=O)c1cc2sccc2s1. The van der Waals surface area contributed by atoms with Gasteiger partial charge in [-0.25, -0.2) is 0 Å². The number of hydrogen-bond donors (Lipinski definition) is 2. The fraction of sp³-hybridized carbons (Fsp3) is 0.364. The Labute approximate surface area is 102 Å². The third-order valence-corrected chi connectivity index (χ3v) is 4.38. The van der Waals surface area contributed by atoms with Gasteiger partial charge in [-0.1, -0.05) is 6.92 Å². The van der Waals surface area contributed by atoms with E-state index >= 15 is 0 Å². The van der Waals surface area contributed by atoms with Gasteiger partial charge in [0, 0.05) is 22.6 Å². The molecule has 0 aliphatic rings. The van der Waals surface area contributed by atoms with Crippen molar-refractivity contribution >= 4 is 38.0 Å². The first-order valence-electron chi connectivity index (χ1n) is 5.07. The number of aliphatic hydroxyl groups excluding tert-OH is 1. The van der Waals surface area contributed by atoms with Crippen LogP contribution in [0.3, 0.4) is 0 Å². The molecule has 0 bridgehead atoms. The summed E-state index contributed by atoms with van der Waals surface area (Å²) in [7, 11) is 0. The highest BCUT2D eigenvalue weighted by Crippen LogP contribution is 2.29. The molecule has 2 aromatic heterocycles. The standard InChI is InChI=1S/C11H13NO2S2/c1-7(6-13)5-12-11(14)10-4-9-8(16-10)2-3-15-9/h2-4,7,13H,5-6H2,1H3,(H,12,14). The summed E-state index contributed by atoms with van der Waals surface area (Å²) in [6, 6.07) is 3.95. The molecule has 0 spiro atoms. The van der Waals surface area contributed by atoms with Crippen LogP contribution in [0.15, 0.2) is 17.5 Å². The van der Waals surface area contributed by atoms with E-state index in [0.717, 1.165) is 14.3 Å². The molecule has 5 heteroatoms. The first kappa shape index (κ1) is 11.6. The van der Waals surface area contributed by atoms with Crippen LogP contribution < -0.4 is 5.32 Å². The molecule has 0 fully saturated rings. The van der Waals surface area contributed by atoms with E-state index in [1.807, 2.05) is 24.4 Å². The van der Waals surface area contributed by atoms with Crippen LogP contribution in [0.5, 0.6) is 0 Å². The second-order valence-corrected chi connectivity index (χ2v) is 5.79. The van der Waals surface area contributed by atoms with Crippen LogP contribution in [0.25, 0.3) is 9.40 Å². The van der Waals surface area contributed by atoms with Crippen LogP contribution in [0.1, 0.15) is 16.6 Å². The first-order valence-corrected chi connectivity index (χ1v) is 6.76. The van der Waals surface area contributed by atoms with Crippen molar-refractivity contribution in [2.75, 3.05) is 13.2 Å². The van der Waals surface area contributed by atoms with Crippen LogP contribution in [0.4, 0.5) is 0 Å². The molecular weight excluding hydrogens is 242 g/mol. The molecule has 3 nitrogen and oxygen atoms in total. The van der Waals surface area contributed by atoms with Gasteiger partial charge in [-0.3, -0.25) is 4.79 Å². The van der Waals surface area contributed by atoms with Crippen molar-refractivity contribution in [1.82, 2.24) is 5.32 Å². The first-order chi connectivity index (χ1) is 7.70. The van der Waals surface area contributed by atoms with Gasteiger partial charge in [-0.15, -0.1) is 22.7 Å². The Morgan fingerprint density at radius 1 is 1.56 bits per heavy atom. The highest BCUT2D eigenvalue weighted by atomic mass is 32.1. The lowest BCUT2D eigenvalue weighted by Gasteiger charge is -2.08. The maximum atomic E-state index is 11.8. The number of carbonyl (C=O) groups is 1. The van der Waals surface area contributed by atoms with E-state index in [-0.39, 0.29) is 18.4 Å². The highest BCUT2D eigenvalue weighted by molar-refractivity contribution is 7.27. The van der Waals surface area contributed by atoms with Gasteiger partial charge in [0.2, 0.25) is 0 Å². The summed E-state index contributed by atoms with van der Waals surface area (Å²) in [5.74, 6) is 0.0544. The minimum atomic E-state index is -0.0475. The lowest BCUT2D eigenvalue weighted by molar-refractivity contribution is 0.0946. The maximum Gasteiger partial charge on any atom is 0.261 e. The summed E-state index contributed by atoms with van der Waals surface area (Å²) >= 11 is 3.15. The third kappa shape index (κ3) is 2.42. The zero-order chi connectivity index (χ0) is 11.5. The summed E-state index contributed by atoms with van der Waals surface area (Å²) < 4.78 is 2.32. The van der Waals surface area contributed by atoms with Crippen molar-refractivity contribution in [2.24, 2.45) is 5.92 Å². The predicted octanol–water partition coefficient (Wildman–Crippen LogP) is 2.32. The Balaban J connectivity index is 2.02. The van der Waals surface area contributed by atoms with Crippen molar-refractivity contribution in [1.29, 1.82) is 0 Å². The number of rotatable bonds is 4. The van der Waals surface area contributed by atoms with E-state index in [4.69, 9.17) is 5.11 Å². The molecule has 1 atom stereocenters. The topological polar surface area (TPSA) is 49.3 Å². The molecular formula is C11H13NO2S2. The number of thiophene rings is 2. The molecule has 0 aliphatic carbocycles. The number of aliphatic hydroxyl groups is 1. The number of fused-ring (bicyclic) bond motifs is 1. The van der Waals surface area contributed by atoms with Gasteiger partial charge < -0.3 is 10.4 Å². The van der Waals surface area contributed by atoms with Crippen molar-refractivity contribution in [2.45, 2.75) is 6.92 Å². The predicted molar refractivity (Wildman–Crippen MR) is 68.3 cm³/mol. The Morgan fingerprint density at radius 2 is 2.38 bits per heavy atom. The molecule has 1 unspecified atom stereocenters. The molecule has 0 saturated carbocycles. The average molecular weight is 255 g/mol. The molecule has 86 valence electrons. The van der Waals surface area contributed by atoms with Gasteiger partial charge in [0.1, 0.15) is 0 Å². The van der Waals surface area contributed by atoms with Crippen molar-refractivity contribution in [3.8, 4) is 0 Å².